The first-order chi connectivity index (χ1) is 7.83. The highest BCUT2D eigenvalue weighted by atomic mass is 16.2. The standard InChI is InChI=1S/C14H20N2O/c1-9(2)16-12-7-6-10(3)8-11(12)15-14(4,5)13(16)17/h6-9,15H,1-5H3. The molecule has 0 saturated carbocycles. The lowest BCUT2D eigenvalue weighted by Gasteiger charge is -2.42. The monoisotopic (exact) mass is 232 g/mol. The second-order valence-corrected chi connectivity index (χ2v) is 5.54. The number of nitrogens with zero attached hydrogens (tertiary/aromatic N) is 1. The molecule has 2 rings (SSSR count). The number of fused-ring (bicyclic) bond motifs is 1. The number of carbonyl (C=O) groups excluding carboxylic acids is 1. The molecular formula is C14H20N2O. The van der Waals surface area contributed by atoms with E-state index in [4.69, 9.17) is 0 Å². The molecule has 1 amide bonds. The summed E-state index contributed by atoms with van der Waals surface area (Å²) in [5.41, 5.74) is 2.69. The molecule has 0 fully saturated rings. The van der Waals surface area contributed by atoms with Crippen molar-refractivity contribution in [2.45, 2.75) is 46.2 Å². The fraction of sp³-hybridized carbons (Fsp3) is 0.500. The summed E-state index contributed by atoms with van der Waals surface area (Å²) in [7, 11) is 0. The molecular weight excluding hydrogens is 212 g/mol. The van der Waals surface area contributed by atoms with Crippen LogP contribution in [0.4, 0.5) is 11.4 Å². The largest absolute Gasteiger partial charge is 0.370 e. The Morgan fingerprint density at radius 2 is 1.94 bits per heavy atom. The molecule has 0 bridgehead atoms. The lowest BCUT2D eigenvalue weighted by molar-refractivity contribution is -0.122. The summed E-state index contributed by atoms with van der Waals surface area (Å²) in [5.74, 6) is 0.129. The molecule has 92 valence electrons. The van der Waals surface area contributed by atoms with Gasteiger partial charge in [-0.2, -0.15) is 0 Å². The van der Waals surface area contributed by atoms with E-state index in [1.165, 1.54) is 5.56 Å². The van der Waals surface area contributed by atoms with E-state index in [9.17, 15) is 4.79 Å². The summed E-state index contributed by atoms with van der Waals surface area (Å²) in [5, 5.41) is 3.32. The summed E-state index contributed by atoms with van der Waals surface area (Å²) in [6.45, 7) is 10.0. The van der Waals surface area contributed by atoms with Crippen LogP contribution in [0.3, 0.4) is 0 Å². The second-order valence-electron chi connectivity index (χ2n) is 5.54. The molecule has 0 atom stereocenters. The third-order valence-corrected chi connectivity index (χ3v) is 3.13. The highest BCUT2D eigenvalue weighted by molar-refractivity contribution is 6.07. The molecule has 1 aromatic rings. The Bertz CT molecular complexity index is 463. The van der Waals surface area contributed by atoms with Crippen molar-refractivity contribution in [2.75, 3.05) is 10.2 Å². The topological polar surface area (TPSA) is 32.3 Å². The van der Waals surface area contributed by atoms with E-state index in [2.05, 4.69) is 18.3 Å². The van der Waals surface area contributed by atoms with Crippen LogP contribution in [0.25, 0.3) is 0 Å². The van der Waals surface area contributed by atoms with Gasteiger partial charge in [0.15, 0.2) is 0 Å². The van der Waals surface area contributed by atoms with E-state index in [-0.39, 0.29) is 11.9 Å². The fourth-order valence-electron chi connectivity index (χ4n) is 2.27. The minimum atomic E-state index is -0.537. The zero-order valence-electron chi connectivity index (χ0n) is 11.2. The minimum Gasteiger partial charge on any atom is -0.370 e. The van der Waals surface area contributed by atoms with Crippen LogP contribution >= 0.6 is 0 Å². The zero-order chi connectivity index (χ0) is 12.8. The van der Waals surface area contributed by atoms with Gasteiger partial charge in [-0.05, 0) is 52.3 Å². The van der Waals surface area contributed by atoms with Crippen molar-refractivity contribution in [3.63, 3.8) is 0 Å². The first-order valence-corrected chi connectivity index (χ1v) is 6.05. The van der Waals surface area contributed by atoms with E-state index in [1.54, 1.807) is 0 Å². The van der Waals surface area contributed by atoms with E-state index in [1.807, 2.05) is 44.7 Å². The molecule has 0 unspecified atom stereocenters. The number of nitrogens with one attached hydrogen (secondary N) is 1. The van der Waals surface area contributed by atoms with E-state index in [0.29, 0.717) is 0 Å². The number of amides is 1. The fourth-order valence-corrected chi connectivity index (χ4v) is 2.27. The molecule has 1 heterocycles. The molecule has 1 aliphatic heterocycles. The molecule has 17 heavy (non-hydrogen) atoms. The Morgan fingerprint density at radius 1 is 1.29 bits per heavy atom. The molecule has 0 aromatic heterocycles. The summed E-state index contributed by atoms with van der Waals surface area (Å²) in [6.07, 6.45) is 0. The van der Waals surface area contributed by atoms with Crippen molar-refractivity contribution >= 4 is 17.3 Å². The van der Waals surface area contributed by atoms with Crippen LogP contribution in [0.5, 0.6) is 0 Å². The van der Waals surface area contributed by atoms with Crippen LogP contribution in [-0.4, -0.2) is 17.5 Å². The molecule has 3 nitrogen and oxygen atoms in total. The maximum Gasteiger partial charge on any atom is 0.252 e. The summed E-state index contributed by atoms with van der Waals surface area (Å²) in [4.78, 5) is 14.3. The number of anilines is 2. The molecule has 0 spiro atoms. The maximum atomic E-state index is 12.4. The van der Waals surface area contributed by atoms with Gasteiger partial charge in [-0.25, -0.2) is 0 Å². The van der Waals surface area contributed by atoms with Crippen LogP contribution in [0.15, 0.2) is 18.2 Å². The van der Waals surface area contributed by atoms with Crippen LogP contribution in [-0.2, 0) is 4.79 Å². The number of rotatable bonds is 1. The van der Waals surface area contributed by atoms with Crippen LogP contribution in [0.2, 0.25) is 0 Å². The zero-order valence-corrected chi connectivity index (χ0v) is 11.2. The van der Waals surface area contributed by atoms with Crippen LogP contribution in [0.1, 0.15) is 33.3 Å². The predicted octanol–water partition coefficient (Wildman–Crippen LogP) is 2.94. The van der Waals surface area contributed by atoms with Gasteiger partial charge in [0.1, 0.15) is 5.54 Å². The summed E-state index contributed by atoms with van der Waals surface area (Å²) in [6, 6.07) is 6.33. The molecule has 1 aliphatic rings. The Labute approximate surface area is 103 Å². The van der Waals surface area contributed by atoms with Crippen molar-refractivity contribution < 1.29 is 4.79 Å². The lowest BCUT2D eigenvalue weighted by Crippen LogP contribution is -2.56. The first-order valence-electron chi connectivity index (χ1n) is 6.05. The lowest BCUT2D eigenvalue weighted by atomic mass is 9.96. The van der Waals surface area contributed by atoms with Gasteiger partial charge in [-0.1, -0.05) is 6.07 Å². The molecule has 0 aliphatic carbocycles. The van der Waals surface area contributed by atoms with Gasteiger partial charge in [0.25, 0.3) is 5.91 Å². The Balaban J connectivity index is 2.58. The van der Waals surface area contributed by atoms with Crippen molar-refractivity contribution in [3.05, 3.63) is 23.8 Å². The molecule has 3 heteroatoms. The molecule has 0 radical (unpaired) electrons. The molecule has 1 aromatic carbocycles. The van der Waals surface area contributed by atoms with Crippen LogP contribution in [0, 0.1) is 6.92 Å². The van der Waals surface area contributed by atoms with Crippen molar-refractivity contribution in [1.29, 1.82) is 0 Å². The van der Waals surface area contributed by atoms with E-state index < -0.39 is 5.54 Å². The van der Waals surface area contributed by atoms with Gasteiger partial charge in [0, 0.05) is 6.04 Å². The minimum absolute atomic E-state index is 0.129. The number of hydrogen-bond acceptors (Lipinski definition) is 2. The van der Waals surface area contributed by atoms with E-state index in [0.717, 1.165) is 11.4 Å². The van der Waals surface area contributed by atoms with Crippen molar-refractivity contribution in [3.8, 4) is 0 Å². The smallest absolute Gasteiger partial charge is 0.252 e. The van der Waals surface area contributed by atoms with Gasteiger partial charge in [0.05, 0.1) is 11.4 Å². The number of hydrogen-bond donors (Lipinski definition) is 1. The van der Waals surface area contributed by atoms with Crippen molar-refractivity contribution in [1.82, 2.24) is 0 Å². The SMILES string of the molecule is Cc1ccc2c(c1)NC(C)(C)C(=O)N2C(C)C. The van der Waals surface area contributed by atoms with E-state index >= 15 is 0 Å². The summed E-state index contributed by atoms with van der Waals surface area (Å²) < 4.78 is 0. The highest BCUT2D eigenvalue weighted by Gasteiger charge is 2.39. The number of carbonyl (C=O) groups is 1. The van der Waals surface area contributed by atoms with Gasteiger partial charge >= 0.3 is 0 Å². The van der Waals surface area contributed by atoms with Gasteiger partial charge < -0.3 is 10.2 Å². The van der Waals surface area contributed by atoms with Gasteiger partial charge in [-0.15, -0.1) is 0 Å². The third-order valence-electron chi connectivity index (χ3n) is 3.13. The highest BCUT2D eigenvalue weighted by Crippen LogP contribution is 2.36. The first kappa shape index (κ1) is 12.0. The average molecular weight is 232 g/mol. The Kier molecular flexibility index (Phi) is 2.64. The van der Waals surface area contributed by atoms with Gasteiger partial charge in [0.2, 0.25) is 0 Å². The summed E-state index contributed by atoms with van der Waals surface area (Å²) >= 11 is 0. The normalized spacial score (nSPS) is 18.0. The maximum absolute atomic E-state index is 12.4. The number of benzene rings is 1. The van der Waals surface area contributed by atoms with Crippen molar-refractivity contribution in [2.24, 2.45) is 0 Å². The quantitative estimate of drug-likeness (QED) is 0.807. The second kappa shape index (κ2) is 3.76. The van der Waals surface area contributed by atoms with Crippen LogP contribution < -0.4 is 10.2 Å². The average Bonchev–Trinajstić information content (AvgIpc) is 2.19. The Hall–Kier alpha value is -1.51. The third kappa shape index (κ3) is 1.90. The molecule has 0 saturated heterocycles. The Morgan fingerprint density at radius 3 is 2.53 bits per heavy atom. The molecule has 1 N–H and O–H groups in total. The van der Waals surface area contributed by atoms with Gasteiger partial charge in [-0.3, -0.25) is 4.79 Å². The number of aryl methyl sites for hydroxylation is 1. The predicted molar refractivity (Wildman–Crippen MR) is 71.5 cm³/mol.